The van der Waals surface area contributed by atoms with E-state index in [2.05, 4.69) is 5.32 Å². The predicted molar refractivity (Wildman–Crippen MR) is 76.3 cm³/mol. The number of fused-ring (bicyclic) bond motifs is 2. The summed E-state index contributed by atoms with van der Waals surface area (Å²) in [6.07, 6.45) is 3.46. The van der Waals surface area contributed by atoms with Gasteiger partial charge in [-0.15, -0.1) is 0 Å². The third-order valence-electron chi connectivity index (χ3n) is 4.28. The van der Waals surface area contributed by atoms with Crippen molar-refractivity contribution in [2.75, 3.05) is 20.1 Å². The zero-order valence-corrected chi connectivity index (χ0v) is 13.0. The van der Waals surface area contributed by atoms with Crippen LogP contribution >= 0.6 is 0 Å². The van der Waals surface area contributed by atoms with Gasteiger partial charge in [0.25, 0.3) is 0 Å². The molecule has 0 aromatic heterocycles. The molecule has 1 saturated heterocycles. The van der Waals surface area contributed by atoms with Crippen molar-refractivity contribution in [1.82, 2.24) is 10.2 Å². The van der Waals surface area contributed by atoms with E-state index in [1.165, 1.54) is 0 Å². The van der Waals surface area contributed by atoms with Crippen LogP contribution < -0.4 is 5.32 Å². The molecule has 114 valence electrons. The number of piperidine rings is 1. The number of carbonyl (C=O) groups excluding carboxylic acids is 2. The van der Waals surface area contributed by atoms with Gasteiger partial charge >= 0.3 is 6.09 Å². The number of carbonyl (C=O) groups is 2. The highest BCUT2D eigenvalue weighted by Gasteiger charge is 2.47. The number of hydrogen-bond acceptors (Lipinski definition) is 3. The zero-order valence-electron chi connectivity index (χ0n) is 13.0. The SMILES string of the molecule is CNC(=O)CC12CCC(CN(C(=O)OC(C)(C)C)C1)C2. The molecule has 2 atom stereocenters. The molecule has 20 heavy (non-hydrogen) atoms. The van der Waals surface area contributed by atoms with Crippen molar-refractivity contribution in [3.63, 3.8) is 0 Å². The standard InChI is InChI=1S/C15H26N2O3/c1-14(2,3)20-13(19)17-9-11-5-6-15(7-11,10-17)8-12(18)16-4/h11H,5-10H2,1-4H3,(H,16,18). The lowest BCUT2D eigenvalue weighted by atomic mass is 9.79. The van der Waals surface area contributed by atoms with Gasteiger partial charge in [0.2, 0.25) is 5.91 Å². The fourth-order valence-corrected chi connectivity index (χ4v) is 3.52. The van der Waals surface area contributed by atoms with Crippen LogP contribution in [0.25, 0.3) is 0 Å². The minimum absolute atomic E-state index is 0.0418. The molecule has 2 aliphatic rings. The van der Waals surface area contributed by atoms with Crippen molar-refractivity contribution in [3.05, 3.63) is 0 Å². The highest BCUT2D eigenvalue weighted by Crippen LogP contribution is 2.48. The minimum Gasteiger partial charge on any atom is -0.444 e. The Labute approximate surface area is 121 Å². The molecule has 0 aromatic carbocycles. The Kier molecular flexibility index (Phi) is 3.98. The van der Waals surface area contributed by atoms with E-state index in [1.807, 2.05) is 20.8 Å². The molecule has 0 aromatic rings. The molecule has 5 nitrogen and oxygen atoms in total. The fourth-order valence-electron chi connectivity index (χ4n) is 3.52. The van der Waals surface area contributed by atoms with Crippen molar-refractivity contribution in [3.8, 4) is 0 Å². The van der Waals surface area contributed by atoms with Crippen LogP contribution in [0.15, 0.2) is 0 Å². The van der Waals surface area contributed by atoms with Gasteiger partial charge in [-0.2, -0.15) is 0 Å². The molecule has 0 radical (unpaired) electrons. The Bertz CT molecular complexity index is 402. The van der Waals surface area contributed by atoms with Crippen LogP contribution in [0.2, 0.25) is 0 Å². The summed E-state index contributed by atoms with van der Waals surface area (Å²) in [4.78, 5) is 25.8. The Morgan fingerprint density at radius 2 is 2.10 bits per heavy atom. The zero-order chi connectivity index (χ0) is 15.0. The Morgan fingerprint density at radius 3 is 2.70 bits per heavy atom. The van der Waals surface area contributed by atoms with Crippen LogP contribution in [0.4, 0.5) is 4.79 Å². The molecule has 0 spiro atoms. The molecule has 2 rings (SSSR count). The van der Waals surface area contributed by atoms with Crippen LogP contribution in [0.1, 0.15) is 46.5 Å². The van der Waals surface area contributed by atoms with Crippen molar-refractivity contribution in [2.24, 2.45) is 11.3 Å². The van der Waals surface area contributed by atoms with Crippen LogP contribution in [-0.4, -0.2) is 42.6 Å². The Hall–Kier alpha value is -1.26. The third-order valence-corrected chi connectivity index (χ3v) is 4.28. The number of nitrogens with zero attached hydrogens (tertiary/aromatic N) is 1. The summed E-state index contributed by atoms with van der Waals surface area (Å²) in [5.41, 5.74) is -0.512. The molecular weight excluding hydrogens is 256 g/mol. The molecule has 1 aliphatic heterocycles. The van der Waals surface area contributed by atoms with Crippen molar-refractivity contribution in [2.45, 2.75) is 52.1 Å². The first-order chi connectivity index (χ1) is 9.23. The molecule has 1 aliphatic carbocycles. The third kappa shape index (κ3) is 3.44. The number of amides is 2. The molecule has 5 heteroatoms. The molecule has 2 amide bonds. The number of hydrogen-bond donors (Lipinski definition) is 1. The first kappa shape index (κ1) is 15.1. The van der Waals surface area contributed by atoms with Crippen LogP contribution in [0.3, 0.4) is 0 Å². The first-order valence-electron chi connectivity index (χ1n) is 7.42. The summed E-state index contributed by atoms with van der Waals surface area (Å²) in [6, 6.07) is 0. The van der Waals surface area contributed by atoms with Gasteiger partial charge in [-0.1, -0.05) is 0 Å². The first-order valence-corrected chi connectivity index (χ1v) is 7.42. The van der Waals surface area contributed by atoms with E-state index < -0.39 is 5.60 Å². The van der Waals surface area contributed by atoms with Crippen LogP contribution in [0.5, 0.6) is 0 Å². The van der Waals surface area contributed by atoms with E-state index in [9.17, 15) is 9.59 Å². The second-order valence-electron chi connectivity index (χ2n) is 7.32. The van der Waals surface area contributed by atoms with E-state index in [-0.39, 0.29) is 17.4 Å². The smallest absolute Gasteiger partial charge is 0.410 e. The molecule has 1 saturated carbocycles. The average Bonchev–Trinajstić information content (AvgIpc) is 2.62. The Morgan fingerprint density at radius 1 is 1.40 bits per heavy atom. The number of likely N-dealkylation sites (tertiary alicyclic amines) is 1. The molecule has 2 bridgehead atoms. The quantitative estimate of drug-likeness (QED) is 0.844. The molecule has 2 unspecified atom stereocenters. The van der Waals surface area contributed by atoms with Gasteiger partial charge < -0.3 is 15.0 Å². The van der Waals surface area contributed by atoms with Gasteiger partial charge in [0.1, 0.15) is 5.60 Å². The maximum absolute atomic E-state index is 12.2. The summed E-state index contributed by atoms with van der Waals surface area (Å²) >= 11 is 0. The number of nitrogens with one attached hydrogen (secondary N) is 1. The van der Waals surface area contributed by atoms with Gasteiger partial charge in [0.15, 0.2) is 0 Å². The fraction of sp³-hybridized carbons (Fsp3) is 0.867. The summed E-state index contributed by atoms with van der Waals surface area (Å²) in [6.45, 7) is 7.05. The van der Waals surface area contributed by atoms with Crippen molar-refractivity contribution < 1.29 is 14.3 Å². The summed E-state index contributed by atoms with van der Waals surface area (Å²) in [5, 5.41) is 2.70. The average molecular weight is 282 g/mol. The lowest BCUT2D eigenvalue weighted by Crippen LogP contribution is -2.48. The lowest BCUT2D eigenvalue weighted by Gasteiger charge is -2.40. The summed E-state index contributed by atoms with van der Waals surface area (Å²) in [5.74, 6) is 0.581. The van der Waals surface area contributed by atoms with Crippen molar-refractivity contribution >= 4 is 12.0 Å². The predicted octanol–water partition coefficient (Wildman–Crippen LogP) is 2.16. The van der Waals surface area contributed by atoms with Gasteiger partial charge in [-0.25, -0.2) is 4.79 Å². The highest BCUT2D eigenvalue weighted by atomic mass is 16.6. The van der Waals surface area contributed by atoms with Crippen molar-refractivity contribution in [1.29, 1.82) is 0 Å². The van der Waals surface area contributed by atoms with Crippen LogP contribution in [-0.2, 0) is 9.53 Å². The maximum Gasteiger partial charge on any atom is 0.410 e. The van der Waals surface area contributed by atoms with Gasteiger partial charge in [-0.05, 0) is 51.4 Å². The lowest BCUT2D eigenvalue weighted by molar-refractivity contribution is -0.123. The monoisotopic (exact) mass is 282 g/mol. The van der Waals surface area contributed by atoms with Gasteiger partial charge in [0, 0.05) is 26.6 Å². The highest BCUT2D eigenvalue weighted by molar-refractivity contribution is 5.76. The number of ether oxygens (including phenoxy) is 1. The molecular formula is C15H26N2O3. The second-order valence-corrected chi connectivity index (χ2v) is 7.32. The second kappa shape index (κ2) is 5.26. The van der Waals surface area contributed by atoms with Gasteiger partial charge in [0.05, 0.1) is 0 Å². The van der Waals surface area contributed by atoms with E-state index in [0.717, 1.165) is 25.8 Å². The van der Waals surface area contributed by atoms with Gasteiger partial charge in [-0.3, -0.25) is 4.79 Å². The topological polar surface area (TPSA) is 58.6 Å². The number of rotatable bonds is 2. The summed E-state index contributed by atoms with van der Waals surface area (Å²) < 4.78 is 5.46. The summed E-state index contributed by atoms with van der Waals surface area (Å²) in [7, 11) is 1.67. The van der Waals surface area contributed by atoms with E-state index in [4.69, 9.17) is 4.74 Å². The molecule has 1 heterocycles. The van der Waals surface area contributed by atoms with E-state index >= 15 is 0 Å². The largest absolute Gasteiger partial charge is 0.444 e. The molecule has 1 N–H and O–H groups in total. The maximum atomic E-state index is 12.2. The minimum atomic E-state index is -0.471. The van der Waals surface area contributed by atoms with Crippen LogP contribution in [0, 0.1) is 11.3 Å². The Balaban J connectivity index is 2.04. The molecule has 2 fully saturated rings. The van der Waals surface area contributed by atoms with E-state index in [1.54, 1.807) is 11.9 Å². The normalized spacial score (nSPS) is 29.2. The van der Waals surface area contributed by atoms with E-state index in [0.29, 0.717) is 18.9 Å².